The smallest absolute Gasteiger partial charge is 0.292 e. The Bertz CT molecular complexity index is 894. The summed E-state index contributed by atoms with van der Waals surface area (Å²) in [4.78, 5) is 39.0. The molecule has 8 heteroatoms. The summed E-state index contributed by atoms with van der Waals surface area (Å²) in [6, 6.07) is 7.40. The van der Waals surface area contributed by atoms with E-state index in [1.807, 2.05) is 32.0 Å². The molecule has 1 N–H and O–H groups in total. The van der Waals surface area contributed by atoms with Gasteiger partial charge in [-0.3, -0.25) is 14.4 Å². The van der Waals surface area contributed by atoms with Crippen LogP contribution in [-0.2, 0) is 16.1 Å². The molecule has 0 saturated carbocycles. The number of fused-ring (bicyclic) bond motifs is 1. The summed E-state index contributed by atoms with van der Waals surface area (Å²) in [5.74, 6) is -0.170. The van der Waals surface area contributed by atoms with Gasteiger partial charge < -0.3 is 10.2 Å². The van der Waals surface area contributed by atoms with E-state index in [1.165, 1.54) is 22.9 Å². The third-order valence-corrected chi connectivity index (χ3v) is 4.82. The average molecular weight is 358 g/mol. The number of thioether (sulfide) groups is 1. The maximum atomic E-state index is 12.7. The molecule has 0 unspecified atom stereocenters. The van der Waals surface area contributed by atoms with E-state index in [4.69, 9.17) is 0 Å². The van der Waals surface area contributed by atoms with Crippen LogP contribution < -0.4 is 15.8 Å². The second kappa shape index (κ2) is 7.10. The van der Waals surface area contributed by atoms with Gasteiger partial charge >= 0.3 is 0 Å². The van der Waals surface area contributed by atoms with E-state index in [0.29, 0.717) is 28.6 Å². The van der Waals surface area contributed by atoms with Gasteiger partial charge in [0.1, 0.15) is 12.2 Å². The van der Waals surface area contributed by atoms with Gasteiger partial charge in [-0.1, -0.05) is 12.1 Å². The molecule has 0 atom stereocenters. The molecule has 3 rings (SSSR count). The van der Waals surface area contributed by atoms with E-state index in [2.05, 4.69) is 10.4 Å². The summed E-state index contributed by atoms with van der Waals surface area (Å²) in [7, 11) is 0. The third-order valence-electron chi connectivity index (χ3n) is 3.82. The number of nitrogens with one attached hydrogen (secondary N) is 1. The molecule has 2 amide bonds. The van der Waals surface area contributed by atoms with E-state index in [-0.39, 0.29) is 18.4 Å². The lowest BCUT2D eigenvalue weighted by Crippen LogP contribution is -2.42. The van der Waals surface area contributed by atoms with Crippen LogP contribution in [0.4, 0.5) is 11.4 Å². The summed E-state index contributed by atoms with van der Waals surface area (Å²) in [5, 5.41) is 6.82. The van der Waals surface area contributed by atoms with E-state index >= 15 is 0 Å². The molecule has 1 aromatic heterocycles. The Balaban J connectivity index is 1.84. The van der Waals surface area contributed by atoms with Crippen LogP contribution in [0.3, 0.4) is 0 Å². The summed E-state index contributed by atoms with van der Waals surface area (Å²) < 4.78 is 1.09. The summed E-state index contributed by atoms with van der Waals surface area (Å²) in [6.45, 7) is 3.93. The number of carbonyl (C=O) groups is 2. The van der Waals surface area contributed by atoms with Crippen LogP contribution in [0.2, 0.25) is 0 Å². The van der Waals surface area contributed by atoms with Gasteiger partial charge in [-0.15, -0.1) is 11.8 Å². The molecule has 2 aromatic rings. The highest BCUT2D eigenvalue weighted by Gasteiger charge is 2.28. The molecule has 7 nitrogen and oxygen atoms in total. The number of anilines is 2. The van der Waals surface area contributed by atoms with Crippen molar-refractivity contribution in [3.8, 4) is 0 Å². The van der Waals surface area contributed by atoms with Gasteiger partial charge in [-0.05, 0) is 31.5 Å². The number of rotatable bonds is 4. The Kier molecular flexibility index (Phi) is 4.89. The Labute approximate surface area is 149 Å². The first kappa shape index (κ1) is 17.2. The first-order valence-corrected chi connectivity index (χ1v) is 8.88. The predicted octanol–water partition coefficient (Wildman–Crippen LogP) is 1.65. The predicted molar refractivity (Wildman–Crippen MR) is 97.1 cm³/mol. The number of benzene rings is 1. The van der Waals surface area contributed by atoms with Gasteiger partial charge in [0.25, 0.3) is 5.56 Å². The van der Waals surface area contributed by atoms with Crippen LogP contribution in [0.25, 0.3) is 0 Å². The lowest BCUT2D eigenvalue weighted by molar-refractivity contribution is -0.117. The minimum atomic E-state index is -0.431. The Morgan fingerprint density at radius 2 is 2.16 bits per heavy atom. The molecule has 2 heterocycles. The minimum absolute atomic E-state index is 0.112. The van der Waals surface area contributed by atoms with E-state index < -0.39 is 5.56 Å². The largest absolute Gasteiger partial charge is 0.324 e. The molecule has 1 aliphatic rings. The van der Waals surface area contributed by atoms with Crippen LogP contribution >= 0.6 is 11.8 Å². The lowest BCUT2D eigenvalue weighted by atomic mass is 10.2. The van der Waals surface area contributed by atoms with Gasteiger partial charge in [0.2, 0.25) is 11.8 Å². The van der Waals surface area contributed by atoms with Crippen molar-refractivity contribution in [1.29, 1.82) is 0 Å². The first-order valence-electron chi connectivity index (χ1n) is 7.89. The topological polar surface area (TPSA) is 84.3 Å². The molecule has 1 aliphatic heterocycles. The normalized spacial score (nSPS) is 13.5. The fourth-order valence-electron chi connectivity index (χ4n) is 2.67. The highest BCUT2D eigenvalue weighted by Crippen LogP contribution is 2.31. The van der Waals surface area contributed by atoms with Gasteiger partial charge in [0.05, 0.1) is 16.8 Å². The monoisotopic (exact) mass is 358 g/mol. The van der Waals surface area contributed by atoms with Gasteiger partial charge in [-0.2, -0.15) is 5.10 Å². The molecular weight excluding hydrogens is 340 g/mol. The maximum absolute atomic E-state index is 12.7. The van der Waals surface area contributed by atoms with Crippen molar-refractivity contribution in [3.05, 3.63) is 46.4 Å². The summed E-state index contributed by atoms with van der Waals surface area (Å²) >= 11 is 1.29. The zero-order valence-corrected chi connectivity index (χ0v) is 14.8. The Morgan fingerprint density at radius 3 is 2.88 bits per heavy atom. The average Bonchev–Trinajstić information content (AvgIpc) is 2.57. The molecule has 0 spiro atoms. The zero-order chi connectivity index (χ0) is 18.0. The Morgan fingerprint density at radius 1 is 1.36 bits per heavy atom. The van der Waals surface area contributed by atoms with Crippen molar-refractivity contribution in [1.82, 2.24) is 9.78 Å². The molecule has 0 fully saturated rings. The fraction of sp³-hybridized carbons (Fsp3) is 0.294. The number of amides is 2. The summed E-state index contributed by atoms with van der Waals surface area (Å²) in [5.41, 5.74) is 1.56. The molecule has 0 aliphatic carbocycles. The Hall–Kier alpha value is -2.61. The van der Waals surface area contributed by atoms with Crippen molar-refractivity contribution in [2.75, 3.05) is 22.5 Å². The van der Waals surface area contributed by atoms with Crippen molar-refractivity contribution in [3.63, 3.8) is 0 Å². The third kappa shape index (κ3) is 3.58. The second-order valence-corrected chi connectivity index (χ2v) is 6.68. The van der Waals surface area contributed by atoms with E-state index in [9.17, 15) is 14.4 Å². The number of aromatic nitrogens is 2. The number of carbonyl (C=O) groups excluding carboxylic acids is 2. The van der Waals surface area contributed by atoms with Crippen LogP contribution in [0.15, 0.2) is 40.2 Å². The number of hydrogen-bond donors (Lipinski definition) is 1. The van der Waals surface area contributed by atoms with Crippen molar-refractivity contribution >= 4 is 35.0 Å². The molecule has 1 aromatic carbocycles. The minimum Gasteiger partial charge on any atom is -0.324 e. The second-order valence-electron chi connectivity index (χ2n) is 5.66. The van der Waals surface area contributed by atoms with Gasteiger partial charge in [-0.25, -0.2) is 4.68 Å². The number of aryl methyl sites for hydroxylation is 1. The fourth-order valence-corrected chi connectivity index (χ4v) is 3.56. The molecular formula is C17H18N4O3S. The van der Waals surface area contributed by atoms with Gasteiger partial charge in [0, 0.05) is 12.2 Å². The highest BCUT2D eigenvalue weighted by atomic mass is 32.2. The quantitative estimate of drug-likeness (QED) is 0.898. The summed E-state index contributed by atoms with van der Waals surface area (Å²) in [6.07, 6.45) is 1.54. The maximum Gasteiger partial charge on any atom is 0.292 e. The first-order chi connectivity index (χ1) is 12.0. The van der Waals surface area contributed by atoms with Crippen molar-refractivity contribution in [2.45, 2.75) is 25.3 Å². The van der Waals surface area contributed by atoms with Crippen LogP contribution in [0.5, 0.6) is 0 Å². The van der Waals surface area contributed by atoms with Crippen LogP contribution in [0.1, 0.15) is 12.5 Å². The highest BCUT2D eigenvalue weighted by molar-refractivity contribution is 8.00. The molecule has 0 radical (unpaired) electrons. The zero-order valence-electron chi connectivity index (χ0n) is 14.0. The van der Waals surface area contributed by atoms with E-state index in [0.717, 1.165) is 10.2 Å². The van der Waals surface area contributed by atoms with Crippen LogP contribution in [0, 0.1) is 6.92 Å². The molecule has 130 valence electrons. The van der Waals surface area contributed by atoms with Crippen molar-refractivity contribution in [2.24, 2.45) is 0 Å². The molecule has 0 saturated heterocycles. The number of nitrogens with zero attached hydrogens (tertiary/aromatic N) is 3. The van der Waals surface area contributed by atoms with Crippen LogP contribution in [-0.4, -0.2) is 33.9 Å². The SMILES string of the molecule is CCN1C(=O)CSc2cnn(CC(=O)Nc3cccc(C)c3)c(=O)c21. The standard InChI is InChI=1S/C17H18N4O3S/c1-3-20-15(23)10-25-13-8-18-21(17(24)16(13)20)9-14(22)19-12-6-4-5-11(2)7-12/h4-8H,3,9-10H2,1-2H3,(H,19,22). The lowest BCUT2D eigenvalue weighted by Gasteiger charge is -2.26. The van der Waals surface area contributed by atoms with Gasteiger partial charge in [0.15, 0.2) is 0 Å². The van der Waals surface area contributed by atoms with E-state index in [1.54, 1.807) is 6.07 Å². The number of hydrogen-bond acceptors (Lipinski definition) is 5. The van der Waals surface area contributed by atoms with Crippen molar-refractivity contribution < 1.29 is 9.59 Å². The molecule has 25 heavy (non-hydrogen) atoms. The molecule has 0 bridgehead atoms.